The summed E-state index contributed by atoms with van der Waals surface area (Å²) < 4.78 is 0. The molecule has 0 aliphatic rings. The Morgan fingerprint density at radius 2 is 2.10 bits per heavy atom. The second-order valence-electron chi connectivity index (χ2n) is 5.13. The van der Waals surface area contributed by atoms with Gasteiger partial charge in [-0.25, -0.2) is 0 Å². The SMILES string of the molecule is CCCCN(CC)C(CC)C(=O)Nc1ccc(N)cc1Cl. The van der Waals surface area contributed by atoms with Crippen LogP contribution < -0.4 is 11.1 Å². The number of unbranched alkanes of at least 4 members (excludes halogenated alkanes) is 1. The molecule has 1 rings (SSSR count). The largest absolute Gasteiger partial charge is 0.399 e. The summed E-state index contributed by atoms with van der Waals surface area (Å²) >= 11 is 6.11. The van der Waals surface area contributed by atoms with E-state index in [4.69, 9.17) is 17.3 Å². The molecule has 118 valence electrons. The molecule has 1 unspecified atom stereocenters. The quantitative estimate of drug-likeness (QED) is 0.719. The summed E-state index contributed by atoms with van der Waals surface area (Å²) in [6.45, 7) is 8.07. The number of carbonyl (C=O) groups is 1. The van der Waals surface area contributed by atoms with Gasteiger partial charge in [0.15, 0.2) is 0 Å². The van der Waals surface area contributed by atoms with Gasteiger partial charge in [-0.05, 0) is 44.1 Å². The molecule has 1 aromatic rings. The third-order valence-electron chi connectivity index (χ3n) is 3.59. The Kier molecular flexibility index (Phi) is 7.54. The van der Waals surface area contributed by atoms with Crippen LogP contribution in [-0.2, 0) is 4.79 Å². The maximum atomic E-state index is 12.5. The zero-order valence-electron chi connectivity index (χ0n) is 13.2. The Morgan fingerprint density at radius 1 is 1.38 bits per heavy atom. The van der Waals surface area contributed by atoms with E-state index < -0.39 is 0 Å². The average molecular weight is 312 g/mol. The minimum absolute atomic E-state index is 0.0119. The number of amides is 1. The summed E-state index contributed by atoms with van der Waals surface area (Å²) in [5.41, 5.74) is 6.86. The van der Waals surface area contributed by atoms with Crippen LogP contribution in [0.5, 0.6) is 0 Å². The molecule has 1 amide bonds. The van der Waals surface area contributed by atoms with Crippen molar-refractivity contribution in [3.05, 3.63) is 23.2 Å². The van der Waals surface area contributed by atoms with Crippen molar-refractivity contribution in [2.45, 2.75) is 46.1 Å². The van der Waals surface area contributed by atoms with Crippen LogP contribution in [-0.4, -0.2) is 29.9 Å². The van der Waals surface area contributed by atoms with Crippen LogP contribution >= 0.6 is 11.6 Å². The lowest BCUT2D eigenvalue weighted by Gasteiger charge is -2.29. The molecule has 0 aromatic heterocycles. The highest BCUT2D eigenvalue weighted by Gasteiger charge is 2.23. The summed E-state index contributed by atoms with van der Waals surface area (Å²) in [6.07, 6.45) is 2.99. The van der Waals surface area contributed by atoms with E-state index in [1.165, 1.54) is 0 Å². The number of nitrogens with zero attached hydrogens (tertiary/aromatic N) is 1. The van der Waals surface area contributed by atoms with Crippen molar-refractivity contribution in [1.29, 1.82) is 0 Å². The molecule has 0 heterocycles. The molecule has 3 N–H and O–H groups in total. The number of carbonyl (C=O) groups excluding carboxylic acids is 1. The van der Waals surface area contributed by atoms with Gasteiger partial charge in [0, 0.05) is 5.69 Å². The van der Waals surface area contributed by atoms with Crippen molar-refractivity contribution in [2.24, 2.45) is 0 Å². The van der Waals surface area contributed by atoms with Crippen LogP contribution in [0.2, 0.25) is 5.02 Å². The number of hydrogen-bond donors (Lipinski definition) is 2. The molecule has 1 atom stereocenters. The normalized spacial score (nSPS) is 12.4. The van der Waals surface area contributed by atoms with E-state index in [9.17, 15) is 4.79 Å². The Labute approximate surface area is 132 Å². The highest BCUT2D eigenvalue weighted by molar-refractivity contribution is 6.34. The first-order valence-electron chi connectivity index (χ1n) is 7.63. The van der Waals surface area contributed by atoms with Crippen LogP contribution in [0, 0.1) is 0 Å². The Hall–Kier alpha value is -1.26. The number of nitrogens with two attached hydrogens (primary N) is 1. The molecule has 0 saturated carbocycles. The number of anilines is 2. The second kappa shape index (κ2) is 8.90. The maximum Gasteiger partial charge on any atom is 0.241 e. The lowest BCUT2D eigenvalue weighted by molar-refractivity contribution is -0.121. The van der Waals surface area contributed by atoms with Crippen molar-refractivity contribution in [3.8, 4) is 0 Å². The zero-order chi connectivity index (χ0) is 15.8. The number of likely N-dealkylation sites (N-methyl/N-ethyl adjacent to an activating group) is 1. The van der Waals surface area contributed by atoms with Gasteiger partial charge in [0.25, 0.3) is 0 Å². The van der Waals surface area contributed by atoms with Crippen LogP contribution in [0.25, 0.3) is 0 Å². The first-order valence-corrected chi connectivity index (χ1v) is 8.01. The molecule has 0 aliphatic carbocycles. The predicted molar refractivity (Wildman–Crippen MR) is 90.7 cm³/mol. The van der Waals surface area contributed by atoms with E-state index >= 15 is 0 Å². The van der Waals surface area contributed by atoms with Crippen molar-refractivity contribution in [2.75, 3.05) is 24.1 Å². The van der Waals surface area contributed by atoms with E-state index in [0.29, 0.717) is 16.4 Å². The second-order valence-corrected chi connectivity index (χ2v) is 5.54. The van der Waals surface area contributed by atoms with Crippen molar-refractivity contribution < 1.29 is 4.79 Å². The van der Waals surface area contributed by atoms with E-state index in [1.54, 1.807) is 18.2 Å². The van der Waals surface area contributed by atoms with Crippen LogP contribution in [0.1, 0.15) is 40.0 Å². The van der Waals surface area contributed by atoms with Crippen molar-refractivity contribution in [1.82, 2.24) is 4.90 Å². The van der Waals surface area contributed by atoms with E-state index in [2.05, 4.69) is 24.1 Å². The summed E-state index contributed by atoms with van der Waals surface area (Å²) in [5.74, 6) is -0.0119. The average Bonchev–Trinajstić information content (AvgIpc) is 2.46. The van der Waals surface area contributed by atoms with Gasteiger partial charge in [-0.15, -0.1) is 0 Å². The zero-order valence-corrected chi connectivity index (χ0v) is 13.9. The first kappa shape index (κ1) is 17.8. The molecule has 21 heavy (non-hydrogen) atoms. The third kappa shape index (κ3) is 5.21. The molecule has 0 radical (unpaired) electrons. The lowest BCUT2D eigenvalue weighted by atomic mass is 10.1. The van der Waals surface area contributed by atoms with E-state index in [0.717, 1.165) is 32.4 Å². The molecular weight excluding hydrogens is 286 g/mol. The molecule has 0 aliphatic heterocycles. The maximum absolute atomic E-state index is 12.5. The fourth-order valence-corrected chi connectivity index (χ4v) is 2.59. The van der Waals surface area contributed by atoms with Gasteiger partial charge in [-0.2, -0.15) is 0 Å². The number of hydrogen-bond acceptors (Lipinski definition) is 3. The Balaban J connectivity index is 2.78. The molecule has 0 fully saturated rings. The Morgan fingerprint density at radius 3 is 2.62 bits per heavy atom. The van der Waals surface area contributed by atoms with Gasteiger partial charge in [-0.1, -0.05) is 38.8 Å². The molecule has 4 nitrogen and oxygen atoms in total. The van der Waals surface area contributed by atoms with Crippen molar-refractivity contribution >= 4 is 28.9 Å². The summed E-state index contributed by atoms with van der Waals surface area (Å²) in [6, 6.07) is 4.99. The van der Waals surface area contributed by atoms with E-state index in [1.807, 2.05) is 6.92 Å². The van der Waals surface area contributed by atoms with Gasteiger partial charge in [-0.3, -0.25) is 9.69 Å². The Bertz CT molecular complexity index is 465. The number of rotatable bonds is 8. The number of halogens is 1. The van der Waals surface area contributed by atoms with Crippen molar-refractivity contribution in [3.63, 3.8) is 0 Å². The summed E-state index contributed by atoms with van der Waals surface area (Å²) in [5, 5.41) is 3.38. The fourth-order valence-electron chi connectivity index (χ4n) is 2.35. The van der Waals surface area contributed by atoms with Gasteiger partial charge < -0.3 is 11.1 Å². The monoisotopic (exact) mass is 311 g/mol. The highest BCUT2D eigenvalue weighted by Crippen LogP contribution is 2.24. The van der Waals surface area contributed by atoms with E-state index in [-0.39, 0.29) is 11.9 Å². The highest BCUT2D eigenvalue weighted by atomic mass is 35.5. The summed E-state index contributed by atoms with van der Waals surface area (Å²) in [7, 11) is 0. The van der Waals surface area contributed by atoms with Gasteiger partial charge in [0.2, 0.25) is 5.91 Å². The van der Waals surface area contributed by atoms with Crippen LogP contribution in [0.4, 0.5) is 11.4 Å². The predicted octanol–water partition coefficient (Wildman–Crippen LogP) is 3.76. The van der Waals surface area contributed by atoms with Gasteiger partial charge in [0.1, 0.15) is 0 Å². The molecule has 5 heteroatoms. The lowest BCUT2D eigenvalue weighted by Crippen LogP contribution is -2.44. The molecule has 0 saturated heterocycles. The van der Waals surface area contributed by atoms with Crippen LogP contribution in [0.15, 0.2) is 18.2 Å². The number of nitrogens with one attached hydrogen (secondary N) is 1. The van der Waals surface area contributed by atoms with Gasteiger partial charge >= 0.3 is 0 Å². The first-order chi connectivity index (χ1) is 10.0. The number of nitrogen functional groups attached to an aromatic ring is 1. The number of benzene rings is 1. The summed E-state index contributed by atoms with van der Waals surface area (Å²) in [4.78, 5) is 14.7. The smallest absolute Gasteiger partial charge is 0.241 e. The van der Waals surface area contributed by atoms with Crippen LogP contribution in [0.3, 0.4) is 0 Å². The molecule has 0 bridgehead atoms. The molecular formula is C16H26ClN3O. The fraction of sp³-hybridized carbons (Fsp3) is 0.562. The third-order valence-corrected chi connectivity index (χ3v) is 3.90. The minimum Gasteiger partial charge on any atom is -0.399 e. The standard InChI is InChI=1S/C16H26ClN3O/c1-4-7-10-20(6-3)15(5-2)16(21)19-14-9-8-12(18)11-13(14)17/h8-9,11,15H,4-7,10,18H2,1-3H3,(H,19,21). The molecule has 1 aromatic carbocycles. The topological polar surface area (TPSA) is 58.4 Å². The minimum atomic E-state index is -0.129. The molecule has 0 spiro atoms. The van der Waals surface area contributed by atoms with Gasteiger partial charge in [0.05, 0.1) is 16.8 Å².